The Morgan fingerprint density at radius 2 is 1.73 bits per heavy atom. The van der Waals surface area contributed by atoms with Crippen LogP contribution in [-0.2, 0) is 13.2 Å². The molecule has 0 saturated heterocycles. The number of quaternary nitrogens is 1. The maximum absolute atomic E-state index is 5.88. The van der Waals surface area contributed by atoms with Gasteiger partial charge in [0.1, 0.15) is 18.2 Å². The highest BCUT2D eigenvalue weighted by molar-refractivity contribution is 5.75. The van der Waals surface area contributed by atoms with E-state index in [-0.39, 0.29) is 0 Å². The molecule has 0 atom stereocenters. The van der Waals surface area contributed by atoms with Crippen molar-refractivity contribution >= 4 is 11.0 Å². The summed E-state index contributed by atoms with van der Waals surface area (Å²) in [6.45, 7) is 2.48. The molecule has 1 N–H and O–H groups in total. The van der Waals surface area contributed by atoms with Gasteiger partial charge in [-0.15, -0.1) is 0 Å². The van der Waals surface area contributed by atoms with E-state index in [1.54, 1.807) is 0 Å². The average molecular weight is 296 g/mol. The molecule has 0 aliphatic rings. The van der Waals surface area contributed by atoms with Crippen molar-refractivity contribution in [2.45, 2.75) is 13.2 Å². The van der Waals surface area contributed by atoms with Crippen molar-refractivity contribution in [3.63, 3.8) is 0 Å². The molecule has 4 heteroatoms. The summed E-state index contributed by atoms with van der Waals surface area (Å²) >= 11 is 0. The third kappa shape index (κ3) is 3.28. The Morgan fingerprint density at radius 1 is 1.00 bits per heavy atom. The molecular formula is C18H22N3O+. The minimum atomic E-state index is 0.488. The van der Waals surface area contributed by atoms with Crippen molar-refractivity contribution in [2.75, 3.05) is 20.6 Å². The van der Waals surface area contributed by atoms with Crippen LogP contribution >= 0.6 is 0 Å². The molecule has 0 spiro atoms. The number of nitrogens with zero attached hydrogens (tertiary/aromatic N) is 2. The van der Waals surface area contributed by atoms with Crippen LogP contribution in [0.25, 0.3) is 11.0 Å². The highest BCUT2D eigenvalue weighted by Gasteiger charge is 2.11. The van der Waals surface area contributed by atoms with Gasteiger partial charge in [-0.05, 0) is 24.3 Å². The number of ether oxygens (including phenoxy) is 1. The molecule has 0 unspecified atom stereocenters. The number of aromatic nitrogens is 2. The Kier molecular flexibility index (Phi) is 4.39. The maximum Gasteiger partial charge on any atom is 0.148 e. The first kappa shape index (κ1) is 14.6. The second-order valence-electron chi connectivity index (χ2n) is 5.73. The van der Waals surface area contributed by atoms with Gasteiger partial charge in [-0.1, -0.05) is 30.3 Å². The molecular weight excluding hydrogens is 274 g/mol. The summed E-state index contributed by atoms with van der Waals surface area (Å²) in [5.74, 6) is 1.85. The number of para-hydroxylation sites is 3. The Bertz CT molecular complexity index is 734. The Morgan fingerprint density at radius 3 is 2.50 bits per heavy atom. The highest BCUT2D eigenvalue weighted by Crippen LogP contribution is 2.18. The van der Waals surface area contributed by atoms with Crippen molar-refractivity contribution in [1.29, 1.82) is 0 Å². The van der Waals surface area contributed by atoms with Gasteiger partial charge < -0.3 is 14.2 Å². The first-order chi connectivity index (χ1) is 10.7. The van der Waals surface area contributed by atoms with E-state index in [4.69, 9.17) is 9.72 Å². The summed E-state index contributed by atoms with van der Waals surface area (Å²) in [5, 5.41) is 0. The molecule has 0 aliphatic carbocycles. The molecule has 0 aliphatic heterocycles. The molecule has 114 valence electrons. The van der Waals surface area contributed by atoms with Gasteiger partial charge in [0, 0.05) is 0 Å². The topological polar surface area (TPSA) is 31.5 Å². The zero-order valence-corrected chi connectivity index (χ0v) is 13.1. The predicted molar refractivity (Wildman–Crippen MR) is 88.2 cm³/mol. The van der Waals surface area contributed by atoms with Crippen LogP contribution in [0.3, 0.4) is 0 Å². The lowest BCUT2D eigenvalue weighted by molar-refractivity contribution is -0.858. The minimum Gasteiger partial charge on any atom is -0.486 e. The Hall–Kier alpha value is -2.33. The SMILES string of the molecule is C[NH+](C)CCn1c(COc2ccccc2)nc2ccccc21. The molecule has 0 bridgehead atoms. The van der Waals surface area contributed by atoms with Crippen LogP contribution in [0.1, 0.15) is 5.82 Å². The number of hydrogen-bond donors (Lipinski definition) is 1. The smallest absolute Gasteiger partial charge is 0.148 e. The van der Waals surface area contributed by atoms with Crippen molar-refractivity contribution in [1.82, 2.24) is 9.55 Å². The number of hydrogen-bond acceptors (Lipinski definition) is 2. The zero-order chi connectivity index (χ0) is 15.4. The number of rotatable bonds is 6. The van der Waals surface area contributed by atoms with Crippen LogP contribution in [0.2, 0.25) is 0 Å². The van der Waals surface area contributed by atoms with Gasteiger partial charge in [0.05, 0.1) is 38.2 Å². The number of imidazole rings is 1. The normalized spacial score (nSPS) is 11.2. The number of likely N-dealkylation sites (N-methyl/N-ethyl adjacent to an activating group) is 1. The fraction of sp³-hybridized carbons (Fsp3) is 0.278. The summed E-state index contributed by atoms with van der Waals surface area (Å²) < 4.78 is 8.15. The summed E-state index contributed by atoms with van der Waals surface area (Å²) in [5.41, 5.74) is 2.21. The molecule has 3 rings (SSSR count). The lowest BCUT2D eigenvalue weighted by Crippen LogP contribution is -3.06. The summed E-state index contributed by atoms with van der Waals surface area (Å²) in [6, 6.07) is 18.2. The van der Waals surface area contributed by atoms with Crippen LogP contribution in [-0.4, -0.2) is 30.2 Å². The van der Waals surface area contributed by atoms with E-state index in [0.29, 0.717) is 6.61 Å². The van der Waals surface area contributed by atoms with E-state index in [1.807, 2.05) is 36.4 Å². The Labute approximate surface area is 131 Å². The van der Waals surface area contributed by atoms with Crippen molar-refractivity contribution in [3.05, 3.63) is 60.4 Å². The fourth-order valence-corrected chi connectivity index (χ4v) is 2.49. The van der Waals surface area contributed by atoms with Gasteiger partial charge in [-0.25, -0.2) is 4.98 Å². The molecule has 0 amide bonds. The molecule has 2 aromatic carbocycles. The van der Waals surface area contributed by atoms with Crippen LogP contribution in [0.4, 0.5) is 0 Å². The monoisotopic (exact) mass is 296 g/mol. The number of benzene rings is 2. The predicted octanol–water partition coefficient (Wildman–Crippen LogP) is 1.76. The molecule has 0 radical (unpaired) electrons. The van der Waals surface area contributed by atoms with E-state index >= 15 is 0 Å². The maximum atomic E-state index is 5.88. The van der Waals surface area contributed by atoms with Crippen LogP contribution in [0.5, 0.6) is 5.75 Å². The molecule has 0 fully saturated rings. The largest absolute Gasteiger partial charge is 0.486 e. The van der Waals surface area contributed by atoms with Gasteiger partial charge in [0.15, 0.2) is 0 Å². The third-order valence-corrected chi connectivity index (χ3v) is 3.68. The van der Waals surface area contributed by atoms with E-state index < -0.39 is 0 Å². The fourth-order valence-electron chi connectivity index (χ4n) is 2.49. The lowest BCUT2D eigenvalue weighted by Gasteiger charge is -2.12. The van der Waals surface area contributed by atoms with Crippen LogP contribution in [0.15, 0.2) is 54.6 Å². The van der Waals surface area contributed by atoms with Gasteiger partial charge in [0.2, 0.25) is 0 Å². The molecule has 22 heavy (non-hydrogen) atoms. The van der Waals surface area contributed by atoms with Crippen molar-refractivity contribution < 1.29 is 9.64 Å². The molecule has 3 aromatic rings. The van der Waals surface area contributed by atoms with Gasteiger partial charge in [-0.2, -0.15) is 0 Å². The quantitative estimate of drug-likeness (QED) is 0.751. The number of nitrogens with one attached hydrogen (secondary N) is 1. The summed E-state index contributed by atoms with van der Waals surface area (Å²) in [6.07, 6.45) is 0. The van der Waals surface area contributed by atoms with Crippen LogP contribution < -0.4 is 9.64 Å². The van der Waals surface area contributed by atoms with Gasteiger partial charge in [0.25, 0.3) is 0 Å². The van der Waals surface area contributed by atoms with E-state index in [2.05, 4.69) is 36.9 Å². The highest BCUT2D eigenvalue weighted by atomic mass is 16.5. The van der Waals surface area contributed by atoms with E-state index in [9.17, 15) is 0 Å². The molecule has 1 aromatic heterocycles. The summed E-state index contributed by atoms with van der Waals surface area (Å²) in [7, 11) is 4.33. The third-order valence-electron chi connectivity index (χ3n) is 3.68. The van der Waals surface area contributed by atoms with Crippen molar-refractivity contribution in [2.24, 2.45) is 0 Å². The first-order valence-corrected chi connectivity index (χ1v) is 7.65. The first-order valence-electron chi connectivity index (χ1n) is 7.65. The van der Waals surface area contributed by atoms with Crippen molar-refractivity contribution in [3.8, 4) is 5.75 Å². The van der Waals surface area contributed by atoms with E-state index in [0.717, 1.165) is 30.2 Å². The standard InChI is InChI=1S/C18H21N3O/c1-20(2)12-13-21-17-11-7-6-10-16(17)19-18(21)14-22-15-8-4-3-5-9-15/h3-11H,12-14H2,1-2H3/p+1. The van der Waals surface area contributed by atoms with Gasteiger partial charge >= 0.3 is 0 Å². The lowest BCUT2D eigenvalue weighted by atomic mass is 10.3. The Balaban J connectivity index is 1.85. The second kappa shape index (κ2) is 6.62. The van der Waals surface area contributed by atoms with Crippen LogP contribution in [0, 0.1) is 0 Å². The average Bonchev–Trinajstić information content (AvgIpc) is 2.89. The molecule has 0 saturated carbocycles. The second-order valence-corrected chi connectivity index (χ2v) is 5.73. The van der Waals surface area contributed by atoms with E-state index in [1.165, 1.54) is 10.4 Å². The zero-order valence-electron chi connectivity index (χ0n) is 13.1. The molecule has 1 heterocycles. The number of fused-ring (bicyclic) bond motifs is 1. The summed E-state index contributed by atoms with van der Waals surface area (Å²) in [4.78, 5) is 6.16. The molecule has 4 nitrogen and oxygen atoms in total. The minimum absolute atomic E-state index is 0.488. The van der Waals surface area contributed by atoms with Gasteiger partial charge in [-0.3, -0.25) is 0 Å².